The minimum Gasteiger partial charge on any atom is -0.381 e. The second-order valence-electron chi connectivity index (χ2n) is 5.49. The van der Waals surface area contributed by atoms with Crippen LogP contribution in [0.25, 0.3) is 0 Å². The summed E-state index contributed by atoms with van der Waals surface area (Å²) in [5, 5.41) is 3.66. The smallest absolute Gasteiger partial charge is 0.0478 e. The van der Waals surface area contributed by atoms with Crippen molar-refractivity contribution in [2.24, 2.45) is 0 Å². The largest absolute Gasteiger partial charge is 0.381 e. The van der Waals surface area contributed by atoms with Crippen LogP contribution < -0.4 is 5.32 Å². The molecule has 0 amide bonds. The first-order chi connectivity index (χ1) is 8.40. The Kier molecular flexibility index (Phi) is 5.75. The first kappa shape index (κ1) is 13.3. The van der Waals surface area contributed by atoms with Crippen LogP contribution in [0.1, 0.15) is 45.4 Å². The predicted octanol–water partition coefficient (Wildman–Crippen LogP) is 2.02. The van der Waals surface area contributed by atoms with Crippen LogP contribution >= 0.6 is 0 Å². The molecule has 3 heteroatoms. The van der Waals surface area contributed by atoms with Gasteiger partial charge in [0.2, 0.25) is 0 Å². The molecule has 0 radical (unpaired) electrons. The standard InChI is InChI=1S/C14H28N2O/c1-2-3-10-17-11-4-8-15-13-7-9-16(12-13)14-5-6-14/h13-15H,2-12H2,1H3. The van der Waals surface area contributed by atoms with Crippen molar-refractivity contribution >= 4 is 0 Å². The lowest BCUT2D eigenvalue weighted by molar-refractivity contribution is 0.128. The van der Waals surface area contributed by atoms with Crippen LogP contribution in [0.2, 0.25) is 0 Å². The number of hydrogen-bond acceptors (Lipinski definition) is 3. The molecule has 1 saturated carbocycles. The van der Waals surface area contributed by atoms with Gasteiger partial charge in [-0.2, -0.15) is 0 Å². The van der Waals surface area contributed by atoms with Crippen LogP contribution in [-0.2, 0) is 4.74 Å². The van der Waals surface area contributed by atoms with Gasteiger partial charge < -0.3 is 10.1 Å². The van der Waals surface area contributed by atoms with E-state index >= 15 is 0 Å². The summed E-state index contributed by atoms with van der Waals surface area (Å²) in [6, 6.07) is 1.69. The maximum absolute atomic E-state index is 5.56. The van der Waals surface area contributed by atoms with Crippen LogP contribution in [0.4, 0.5) is 0 Å². The highest BCUT2D eigenvalue weighted by atomic mass is 16.5. The number of unbranched alkanes of at least 4 members (excludes halogenated alkanes) is 1. The number of nitrogens with zero attached hydrogens (tertiary/aromatic N) is 1. The Morgan fingerprint density at radius 3 is 2.76 bits per heavy atom. The van der Waals surface area contributed by atoms with Crippen LogP contribution in [0.3, 0.4) is 0 Å². The maximum atomic E-state index is 5.56. The van der Waals surface area contributed by atoms with Gasteiger partial charge in [0.15, 0.2) is 0 Å². The van der Waals surface area contributed by atoms with Gasteiger partial charge in [-0.25, -0.2) is 0 Å². The van der Waals surface area contributed by atoms with Crippen molar-refractivity contribution in [1.29, 1.82) is 0 Å². The Hall–Kier alpha value is -0.120. The highest BCUT2D eigenvalue weighted by Crippen LogP contribution is 2.29. The number of likely N-dealkylation sites (tertiary alicyclic amines) is 1. The van der Waals surface area contributed by atoms with Crippen LogP contribution in [-0.4, -0.2) is 49.8 Å². The monoisotopic (exact) mass is 240 g/mol. The average molecular weight is 240 g/mol. The van der Waals surface area contributed by atoms with E-state index in [4.69, 9.17) is 4.74 Å². The van der Waals surface area contributed by atoms with Crippen molar-refractivity contribution in [1.82, 2.24) is 10.2 Å². The molecule has 100 valence electrons. The maximum Gasteiger partial charge on any atom is 0.0478 e. The van der Waals surface area contributed by atoms with E-state index in [1.807, 2.05) is 0 Å². The predicted molar refractivity (Wildman–Crippen MR) is 71.3 cm³/mol. The zero-order valence-corrected chi connectivity index (χ0v) is 11.3. The van der Waals surface area contributed by atoms with E-state index < -0.39 is 0 Å². The molecule has 1 aliphatic carbocycles. The summed E-state index contributed by atoms with van der Waals surface area (Å²) in [5.74, 6) is 0. The highest BCUT2D eigenvalue weighted by Gasteiger charge is 2.33. The molecule has 1 atom stereocenters. The Balaban J connectivity index is 1.40. The molecule has 0 aromatic heterocycles. The lowest BCUT2D eigenvalue weighted by Crippen LogP contribution is -2.34. The number of ether oxygens (including phenoxy) is 1. The van der Waals surface area contributed by atoms with Gasteiger partial charge in [-0.1, -0.05) is 13.3 Å². The van der Waals surface area contributed by atoms with Crippen molar-refractivity contribution in [3.63, 3.8) is 0 Å². The molecule has 3 nitrogen and oxygen atoms in total. The Morgan fingerprint density at radius 1 is 1.18 bits per heavy atom. The summed E-state index contributed by atoms with van der Waals surface area (Å²) in [4.78, 5) is 2.66. The van der Waals surface area contributed by atoms with Crippen molar-refractivity contribution in [3.8, 4) is 0 Å². The normalized spacial score (nSPS) is 25.6. The molecule has 1 unspecified atom stereocenters. The summed E-state index contributed by atoms with van der Waals surface area (Å²) >= 11 is 0. The average Bonchev–Trinajstić information content (AvgIpc) is 3.09. The number of nitrogens with one attached hydrogen (secondary N) is 1. The van der Waals surface area contributed by atoms with Gasteiger partial charge in [0, 0.05) is 38.4 Å². The van der Waals surface area contributed by atoms with E-state index in [-0.39, 0.29) is 0 Å². The summed E-state index contributed by atoms with van der Waals surface area (Å²) in [6.45, 7) is 7.78. The molecule has 1 heterocycles. The van der Waals surface area contributed by atoms with Crippen LogP contribution in [0.5, 0.6) is 0 Å². The second kappa shape index (κ2) is 7.34. The summed E-state index contributed by atoms with van der Waals surface area (Å²) in [7, 11) is 0. The summed E-state index contributed by atoms with van der Waals surface area (Å²) in [5.41, 5.74) is 0. The van der Waals surface area contributed by atoms with E-state index in [0.717, 1.165) is 38.3 Å². The fourth-order valence-corrected chi connectivity index (χ4v) is 2.55. The van der Waals surface area contributed by atoms with Gasteiger partial charge in [0.1, 0.15) is 0 Å². The van der Waals surface area contributed by atoms with Gasteiger partial charge in [-0.05, 0) is 38.6 Å². The molecular weight excluding hydrogens is 212 g/mol. The van der Waals surface area contributed by atoms with Gasteiger partial charge in [0.05, 0.1) is 0 Å². The summed E-state index contributed by atoms with van der Waals surface area (Å²) < 4.78 is 5.56. The molecule has 2 fully saturated rings. The Labute approximate surface area is 106 Å². The first-order valence-corrected chi connectivity index (χ1v) is 7.45. The molecule has 0 aromatic rings. The highest BCUT2D eigenvalue weighted by molar-refractivity contribution is 4.91. The van der Waals surface area contributed by atoms with Crippen LogP contribution in [0, 0.1) is 0 Å². The fourth-order valence-electron chi connectivity index (χ4n) is 2.55. The van der Waals surface area contributed by atoms with Gasteiger partial charge in [0.25, 0.3) is 0 Å². The molecule has 0 spiro atoms. The Morgan fingerprint density at radius 2 is 2.00 bits per heavy atom. The van der Waals surface area contributed by atoms with Gasteiger partial charge >= 0.3 is 0 Å². The van der Waals surface area contributed by atoms with E-state index in [2.05, 4.69) is 17.1 Å². The molecule has 1 saturated heterocycles. The quantitative estimate of drug-likeness (QED) is 0.624. The van der Waals surface area contributed by atoms with Crippen molar-refractivity contribution < 1.29 is 4.74 Å². The Bertz CT molecular complexity index is 206. The molecule has 0 aromatic carbocycles. The molecule has 2 aliphatic rings. The zero-order chi connectivity index (χ0) is 11.9. The first-order valence-electron chi connectivity index (χ1n) is 7.45. The van der Waals surface area contributed by atoms with E-state index in [1.54, 1.807) is 0 Å². The third kappa shape index (κ3) is 4.94. The van der Waals surface area contributed by atoms with Crippen molar-refractivity contribution in [3.05, 3.63) is 0 Å². The second-order valence-corrected chi connectivity index (χ2v) is 5.49. The van der Waals surface area contributed by atoms with Crippen molar-refractivity contribution in [2.45, 2.75) is 57.5 Å². The minimum absolute atomic E-state index is 0.742. The minimum atomic E-state index is 0.742. The zero-order valence-electron chi connectivity index (χ0n) is 11.3. The topological polar surface area (TPSA) is 24.5 Å². The third-order valence-electron chi connectivity index (χ3n) is 3.82. The lowest BCUT2D eigenvalue weighted by Gasteiger charge is -2.15. The van der Waals surface area contributed by atoms with E-state index in [0.29, 0.717) is 0 Å². The van der Waals surface area contributed by atoms with Crippen LogP contribution in [0.15, 0.2) is 0 Å². The number of rotatable bonds is 9. The fraction of sp³-hybridized carbons (Fsp3) is 1.00. The summed E-state index contributed by atoms with van der Waals surface area (Å²) in [6.07, 6.45) is 7.82. The van der Waals surface area contributed by atoms with Gasteiger partial charge in [-0.15, -0.1) is 0 Å². The number of hydrogen-bond donors (Lipinski definition) is 1. The molecule has 1 N–H and O–H groups in total. The molecule has 17 heavy (non-hydrogen) atoms. The van der Waals surface area contributed by atoms with E-state index in [9.17, 15) is 0 Å². The molecular formula is C14H28N2O. The molecule has 2 rings (SSSR count). The lowest BCUT2D eigenvalue weighted by atomic mass is 10.2. The van der Waals surface area contributed by atoms with Crippen molar-refractivity contribution in [2.75, 3.05) is 32.8 Å². The molecule has 0 bridgehead atoms. The molecule has 1 aliphatic heterocycles. The SMILES string of the molecule is CCCCOCCCNC1CCN(C2CC2)C1. The van der Waals surface area contributed by atoms with Gasteiger partial charge in [-0.3, -0.25) is 4.90 Å². The third-order valence-corrected chi connectivity index (χ3v) is 3.82. The van der Waals surface area contributed by atoms with E-state index in [1.165, 1.54) is 45.2 Å².